The summed E-state index contributed by atoms with van der Waals surface area (Å²) in [5, 5.41) is 4.30. The molecule has 3 aromatic rings. The summed E-state index contributed by atoms with van der Waals surface area (Å²) in [5.74, 6) is -0.805. The number of alkyl halides is 3. The number of anilines is 1. The van der Waals surface area contributed by atoms with Crippen LogP contribution in [0, 0.1) is 11.7 Å². The van der Waals surface area contributed by atoms with Crippen molar-refractivity contribution in [1.29, 1.82) is 0 Å². The van der Waals surface area contributed by atoms with Gasteiger partial charge in [0.15, 0.2) is 5.82 Å². The van der Waals surface area contributed by atoms with Crippen LogP contribution in [0.1, 0.15) is 24.1 Å². The lowest BCUT2D eigenvalue weighted by molar-refractivity contribution is -0.137. The summed E-state index contributed by atoms with van der Waals surface area (Å²) in [6.45, 7) is 3.71. The SMILES string of the molecule is CC1=Nc2ccnn2C(c2cccc(C(F)(F)F)c2)C1C(=O)N1CCN(c2ccc(F)cc2)CC1. The van der Waals surface area contributed by atoms with Crippen LogP contribution in [0.15, 0.2) is 65.8 Å². The van der Waals surface area contributed by atoms with E-state index in [0.717, 1.165) is 17.8 Å². The van der Waals surface area contributed by atoms with Crippen LogP contribution in [0.5, 0.6) is 0 Å². The van der Waals surface area contributed by atoms with Gasteiger partial charge >= 0.3 is 6.18 Å². The average molecular weight is 485 g/mol. The molecule has 182 valence electrons. The molecule has 0 aliphatic carbocycles. The fourth-order valence-corrected chi connectivity index (χ4v) is 4.81. The van der Waals surface area contributed by atoms with Crippen molar-refractivity contribution in [2.45, 2.75) is 19.1 Å². The molecule has 0 bridgehead atoms. The van der Waals surface area contributed by atoms with Gasteiger partial charge < -0.3 is 9.80 Å². The Morgan fingerprint density at radius 3 is 2.40 bits per heavy atom. The van der Waals surface area contributed by atoms with Gasteiger partial charge in [-0.3, -0.25) is 4.79 Å². The highest BCUT2D eigenvalue weighted by Crippen LogP contribution is 2.39. The van der Waals surface area contributed by atoms with Crippen molar-refractivity contribution in [1.82, 2.24) is 14.7 Å². The maximum atomic E-state index is 13.8. The van der Waals surface area contributed by atoms with Crippen LogP contribution in [0.3, 0.4) is 0 Å². The predicted molar refractivity (Wildman–Crippen MR) is 123 cm³/mol. The summed E-state index contributed by atoms with van der Waals surface area (Å²) in [4.78, 5) is 22.1. The highest BCUT2D eigenvalue weighted by Gasteiger charge is 2.41. The minimum absolute atomic E-state index is 0.200. The first-order valence-electron chi connectivity index (χ1n) is 11.3. The smallest absolute Gasteiger partial charge is 0.368 e. The molecule has 2 aliphatic rings. The van der Waals surface area contributed by atoms with E-state index in [4.69, 9.17) is 0 Å². The molecule has 0 radical (unpaired) electrons. The summed E-state index contributed by atoms with van der Waals surface area (Å²) >= 11 is 0. The Bertz CT molecular complexity index is 1260. The van der Waals surface area contributed by atoms with E-state index < -0.39 is 23.7 Å². The van der Waals surface area contributed by atoms with E-state index >= 15 is 0 Å². The first-order valence-corrected chi connectivity index (χ1v) is 11.3. The molecule has 6 nitrogen and oxygen atoms in total. The quantitative estimate of drug-likeness (QED) is 0.506. The molecule has 2 unspecified atom stereocenters. The zero-order valence-electron chi connectivity index (χ0n) is 18.9. The number of fused-ring (bicyclic) bond motifs is 1. The second-order valence-electron chi connectivity index (χ2n) is 8.72. The van der Waals surface area contributed by atoms with E-state index in [2.05, 4.69) is 15.0 Å². The standard InChI is InChI=1S/C25H23F4N5O/c1-16-22(24(35)33-13-11-32(12-14-33)20-7-5-19(26)6-8-20)23(34-21(31-16)9-10-30-34)17-3-2-4-18(15-17)25(27,28)29/h2-10,15,22-23H,11-14H2,1H3. The third-order valence-electron chi connectivity index (χ3n) is 6.57. The normalized spacial score (nSPS) is 20.4. The number of benzene rings is 2. The van der Waals surface area contributed by atoms with E-state index in [0.29, 0.717) is 43.3 Å². The van der Waals surface area contributed by atoms with E-state index in [1.165, 1.54) is 29.1 Å². The third-order valence-corrected chi connectivity index (χ3v) is 6.57. The van der Waals surface area contributed by atoms with E-state index in [1.807, 2.05) is 0 Å². The number of halogens is 4. The molecule has 35 heavy (non-hydrogen) atoms. The second kappa shape index (κ2) is 8.83. The summed E-state index contributed by atoms with van der Waals surface area (Å²) in [6.07, 6.45) is -2.97. The zero-order chi connectivity index (χ0) is 24.7. The fourth-order valence-electron chi connectivity index (χ4n) is 4.81. The minimum atomic E-state index is -4.50. The second-order valence-corrected chi connectivity index (χ2v) is 8.72. The highest BCUT2D eigenvalue weighted by molar-refractivity contribution is 6.05. The molecule has 1 aromatic heterocycles. The first-order chi connectivity index (χ1) is 16.7. The van der Waals surface area contributed by atoms with Crippen molar-refractivity contribution in [3.05, 3.63) is 77.7 Å². The number of carbonyl (C=O) groups is 1. The third kappa shape index (κ3) is 4.40. The maximum Gasteiger partial charge on any atom is 0.416 e. The summed E-state index contributed by atoms with van der Waals surface area (Å²) in [7, 11) is 0. The number of carbonyl (C=O) groups excluding carboxylic acids is 1. The van der Waals surface area contributed by atoms with Crippen LogP contribution >= 0.6 is 0 Å². The van der Waals surface area contributed by atoms with E-state index in [1.54, 1.807) is 36.1 Å². The molecule has 1 saturated heterocycles. The number of hydrogen-bond donors (Lipinski definition) is 0. The highest BCUT2D eigenvalue weighted by atomic mass is 19.4. The summed E-state index contributed by atoms with van der Waals surface area (Å²) in [6, 6.07) is 12.2. The fraction of sp³-hybridized carbons (Fsp3) is 0.320. The molecular formula is C25H23F4N5O. The number of aromatic nitrogens is 2. The Balaban J connectivity index is 1.43. The number of nitrogens with zero attached hydrogens (tertiary/aromatic N) is 5. The number of rotatable bonds is 3. The van der Waals surface area contributed by atoms with Crippen LogP contribution in [0.25, 0.3) is 0 Å². The lowest BCUT2D eigenvalue weighted by Gasteiger charge is -2.40. The van der Waals surface area contributed by atoms with Gasteiger partial charge in [-0.05, 0) is 48.9 Å². The molecule has 2 atom stereocenters. The molecule has 0 spiro atoms. The topological polar surface area (TPSA) is 53.7 Å². The van der Waals surface area contributed by atoms with Gasteiger partial charge in [-0.1, -0.05) is 12.1 Å². The average Bonchev–Trinajstić information content (AvgIpc) is 3.31. The number of hydrogen-bond acceptors (Lipinski definition) is 4. The Kier molecular flexibility index (Phi) is 5.82. The van der Waals surface area contributed by atoms with Crippen LogP contribution < -0.4 is 4.90 Å². The molecule has 5 rings (SSSR count). The van der Waals surface area contributed by atoms with Gasteiger partial charge in [0.2, 0.25) is 5.91 Å². The van der Waals surface area contributed by atoms with Crippen LogP contribution in [0.4, 0.5) is 29.1 Å². The van der Waals surface area contributed by atoms with Crippen molar-refractivity contribution in [2.75, 3.05) is 31.1 Å². The molecule has 0 saturated carbocycles. The van der Waals surface area contributed by atoms with E-state index in [-0.39, 0.29) is 11.7 Å². The van der Waals surface area contributed by atoms with Gasteiger partial charge in [-0.15, -0.1) is 0 Å². The first kappa shape index (κ1) is 23.1. The predicted octanol–water partition coefficient (Wildman–Crippen LogP) is 4.70. The van der Waals surface area contributed by atoms with Crippen LogP contribution in [0.2, 0.25) is 0 Å². The Labute approximate surface area is 199 Å². The van der Waals surface area contributed by atoms with Crippen molar-refractivity contribution in [3.63, 3.8) is 0 Å². The van der Waals surface area contributed by atoms with E-state index in [9.17, 15) is 22.4 Å². The van der Waals surface area contributed by atoms with Gasteiger partial charge in [0, 0.05) is 43.6 Å². The lowest BCUT2D eigenvalue weighted by atomic mass is 9.86. The van der Waals surface area contributed by atoms with Gasteiger partial charge in [-0.2, -0.15) is 18.3 Å². The molecule has 2 aliphatic heterocycles. The molecule has 2 aromatic carbocycles. The van der Waals surface area contributed by atoms with Crippen LogP contribution in [-0.2, 0) is 11.0 Å². The largest absolute Gasteiger partial charge is 0.416 e. The molecule has 1 amide bonds. The van der Waals surface area contributed by atoms with Crippen molar-refractivity contribution in [3.8, 4) is 0 Å². The molecular weight excluding hydrogens is 462 g/mol. The minimum Gasteiger partial charge on any atom is -0.368 e. The van der Waals surface area contributed by atoms with Crippen LogP contribution in [-0.4, -0.2) is 52.5 Å². The summed E-state index contributed by atoms with van der Waals surface area (Å²) in [5.41, 5.74) is 0.980. The number of aliphatic imine (C=N–C) groups is 1. The van der Waals surface area contributed by atoms with Crippen molar-refractivity contribution < 1.29 is 22.4 Å². The Morgan fingerprint density at radius 1 is 1.00 bits per heavy atom. The molecule has 10 heteroatoms. The van der Waals surface area contributed by atoms with Crippen molar-refractivity contribution >= 4 is 23.1 Å². The molecule has 3 heterocycles. The maximum absolute atomic E-state index is 13.8. The van der Waals surface area contributed by atoms with Gasteiger partial charge in [0.05, 0.1) is 17.8 Å². The number of amides is 1. The van der Waals surface area contributed by atoms with Gasteiger partial charge in [0.25, 0.3) is 0 Å². The molecule has 1 fully saturated rings. The van der Waals surface area contributed by atoms with Gasteiger partial charge in [-0.25, -0.2) is 14.1 Å². The summed E-state index contributed by atoms with van der Waals surface area (Å²) < 4.78 is 55.1. The number of piperazine rings is 1. The monoisotopic (exact) mass is 485 g/mol. The van der Waals surface area contributed by atoms with Gasteiger partial charge in [0.1, 0.15) is 11.7 Å². The Hall–Kier alpha value is -3.69. The lowest BCUT2D eigenvalue weighted by Crippen LogP contribution is -2.53. The zero-order valence-corrected chi connectivity index (χ0v) is 18.9. The Morgan fingerprint density at radius 2 is 1.71 bits per heavy atom. The van der Waals surface area contributed by atoms with Crippen molar-refractivity contribution in [2.24, 2.45) is 10.9 Å². The molecule has 0 N–H and O–H groups in total.